The number of carbonyl (C=O) groups excluding carboxylic acids is 2. The highest BCUT2D eigenvalue weighted by Crippen LogP contribution is 2.28. The van der Waals surface area contributed by atoms with Crippen LogP contribution in [-0.2, 0) is 4.79 Å². The summed E-state index contributed by atoms with van der Waals surface area (Å²) in [6, 6.07) is 7.10. The molecule has 2 aromatic rings. The Bertz CT molecular complexity index is 687. The standard InChI is InChI=1S/C13H10BrN3O2/c14-8-1-2-10-9(7-8)11(3-5-15-10)17-6-4-12(18)16-13(17)19/h1-3,5,7H,4,6H2,(H,16,18,19). The van der Waals surface area contributed by atoms with Crippen molar-refractivity contribution in [2.24, 2.45) is 0 Å². The summed E-state index contributed by atoms with van der Waals surface area (Å²) in [4.78, 5) is 28.9. The molecule has 1 aromatic carbocycles. The van der Waals surface area contributed by atoms with Gasteiger partial charge in [-0.1, -0.05) is 15.9 Å². The maximum absolute atomic E-state index is 11.9. The average Bonchev–Trinajstić information content (AvgIpc) is 2.38. The lowest BCUT2D eigenvalue weighted by Crippen LogP contribution is -2.49. The van der Waals surface area contributed by atoms with Crippen molar-refractivity contribution in [1.82, 2.24) is 10.3 Å². The first-order valence-corrected chi connectivity index (χ1v) is 6.60. The molecule has 2 heterocycles. The van der Waals surface area contributed by atoms with E-state index in [4.69, 9.17) is 0 Å². The Morgan fingerprint density at radius 3 is 2.89 bits per heavy atom. The summed E-state index contributed by atoms with van der Waals surface area (Å²) in [5, 5.41) is 3.20. The van der Waals surface area contributed by atoms with E-state index in [2.05, 4.69) is 26.2 Å². The molecule has 3 amide bonds. The van der Waals surface area contributed by atoms with E-state index in [-0.39, 0.29) is 11.9 Å². The number of halogens is 1. The number of pyridine rings is 1. The third-order valence-corrected chi connectivity index (χ3v) is 3.52. The zero-order valence-corrected chi connectivity index (χ0v) is 11.5. The number of carbonyl (C=O) groups is 2. The molecular formula is C13H10BrN3O2. The summed E-state index contributed by atoms with van der Waals surface area (Å²) in [6.45, 7) is 0.385. The van der Waals surface area contributed by atoms with Gasteiger partial charge in [0.25, 0.3) is 0 Å². The van der Waals surface area contributed by atoms with Crippen LogP contribution in [0.3, 0.4) is 0 Å². The first-order chi connectivity index (χ1) is 9.15. The number of amides is 3. The molecular weight excluding hydrogens is 310 g/mol. The van der Waals surface area contributed by atoms with Gasteiger partial charge in [0.05, 0.1) is 11.2 Å². The van der Waals surface area contributed by atoms with Crippen LogP contribution in [0.1, 0.15) is 6.42 Å². The topological polar surface area (TPSA) is 62.3 Å². The Kier molecular flexibility index (Phi) is 2.94. The van der Waals surface area contributed by atoms with E-state index in [1.807, 2.05) is 18.2 Å². The SMILES string of the molecule is O=C1CCN(c2ccnc3ccc(Br)cc23)C(=O)N1. The smallest absolute Gasteiger partial charge is 0.293 e. The fourth-order valence-corrected chi connectivity index (χ4v) is 2.49. The average molecular weight is 320 g/mol. The molecule has 0 spiro atoms. The molecule has 0 saturated carbocycles. The number of fused-ring (bicyclic) bond motifs is 1. The Morgan fingerprint density at radius 2 is 2.11 bits per heavy atom. The molecule has 0 unspecified atom stereocenters. The maximum Gasteiger partial charge on any atom is 0.328 e. The van der Waals surface area contributed by atoms with Gasteiger partial charge in [0.15, 0.2) is 0 Å². The molecule has 1 aliphatic heterocycles. The Labute approximate surface area is 117 Å². The predicted molar refractivity (Wildman–Crippen MR) is 74.9 cm³/mol. The minimum atomic E-state index is -0.385. The van der Waals surface area contributed by atoms with Crippen molar-refractivity contribution in [2.75, 3.05) is 11.4 Å². The van der Waals surface area contributed by atoms with Crippen molar-refractivity contribution in [1.29, 1.82) is 0 Å². The lowest BCUT2D eigenvalue weighted by molar-refractivity contribution is -0.120. The van der Waals surface area contributed by atoms with Crippen LogP contribution in [0.5, 0.6) is 0 Å². The van der Waals surface area contributed by atoms with Crippen LogP contribution >= 0.6 is 15.9 Å². The van der Waals surface area contributed by atoms with Gasteiger partial charge in [-0.3, -0.25) is 20.0 Å². The van der Waals surface area contributed by atoms with E-state index in [0.29, 0.717) is 13.0 Å². The van der Waals surface area contributed by atoms with Crippen LogP contribution in [0, 0.1) is 0 Å². The van der Waals surface area contributed by atoms with Crippen LogP contribution in [0.15, 0.2) is 34.9 Å². The molecule has 0 atom stereocenters. The molecule has 0 radical (unpaired) electrons. The molecule has 96 valence electrons. The number of aromatic nitrogens is 1. The lowest BCUT2D eigenvalue weighted by atomic mass is 10.1. The minimum absolute atomic E-state index is 0.235. The van der Waals surface area contributed by atoms with Gasteiger partial charge in [-0.2, -0.15) is 0 Å². The van der Waals surface area contributed by atoms with Gasteiger partial charge in [-0.25, -0.2) is 4.79 Å². The van der Waals surface area contributed by atoms with E-state index in [0.717, 1.165) is 21.1 Å². The Hall–Kier alpha value is -1.95. The number of hydrogen-bond donors (Lipinski definition) is 1. The number of anilines is 1. The zero-order valence-electron chi connectivity index (χ0n) is 9.89. The monoisotopic (exact) mass is 319 g/mol. The largest absolute Gasteiger partial charge is 0.328 e. The summed E-state index contributed by atoms with van der Waals surface area (Å²) in [6.07, 6.45) is 1.97. The molecule has 1 aliphatic rings. The number of benzene rings is 1. The zero-order chi connectivity index (χ0) is 13.4. The quantitative estimate of drug-likeness (QED) is 0.878. The molecule has 0 aliphatic carbocycles. The van der Waals surface area contributed by atoms with Crippen molar-refractivity contribution in [3.05, 3.63) is 34.9 Å². The molecule has 1 fully saturated rings. The number of hydrogen-bond acceptors (Lipinski definition) is 3. The van der Waals surface area contributed by atoms with Gasteiger partial charge in [-0.05, 0) is 24.3 Å². The van der Waals surface area contributed by atoms with Crippen molar-refractivity contribution in [2.45, 2.75) is 6.42 Å². The molecule has 3 rings (SSSR count). The van der Waals surface area contributed by atoms with Crippen molar-refractivity contribution >= 4 is 44.5 Å². The third kappa shape index (κ3) is 2.19. The summed E-state index contributed by atoms with van der Waals surface area (Å²) < 4.78 is 0.919. The van der Waals surface area contributed by atoms with Gasteiger partial charge in [0.1, 0.15) is 0 Å². The lowest BCUT2D eigenvalue weighted by Gasteiger charge is -2.27. The van der Waals surface area contributed by atoms with Crippen LogP contribution < -0.4 is 10.2 Å². The van der Waals surface area contributed by atoms with Crippen LogP contribution in [-0.4, -0.2) is 23.5 Å². The summed E-state index contributed by atoms with van der Waals surface area (Å²) in [5.74, 6) is -0.235. The van der Waals surface area contributed by atoms with E-state index in [9.17, 15) is 9.59 Å². The number of nitrogens with zero attached hydrogens (tertiary/aromatic N) is 2. The molecule has 1 saturated heterocycles. The molecule has 1 N–H and O–H groups in total. The molecule has 0 bridgehead atoms. The fourth-order valence-electron chi connectivity index (χ4n) is 2.13. The molecule has 19 heavy (non-hydrogen) atoms. The second kappa shape index (κ2) is 4.62. The van der Waals surface area contributed by atoms with Crippen molar-refractivity contribution in [3.8, 4) is 0 Å². The van der Waals surface area contributed by atoms with Gasteiger partial charge in [-0.15, -0.1) is 0 Å². The second-order valence-corrected chi connectivity index (χ2v) is 5.16. The molecule has 6 heteroatoms. The second-order valence-electron chi connectivity index (χ2n) is 4.25. The van der Waals surface area contributed by atoms with Crippen LogP contribution in [0.2, 0.25) is 0 Å². The first kappa shape index (κ1) is 12.1. The van der Waals surface area contributed by atoms with Crippen LogP contribution in [0.25, 0.3) is 10.9 Å². The maximum atomic E-state index is 11.9. The van der Waals surface area contributed by atoms with Gasteiger partial charge in [0, 0.05) is 29.0 Å². The highest BCUT2D eigenvalue weighted by atomic mass is 79.9. The summed E-state index contributed by atoms with van der Waals surface area (Å²) >= 11 is 3.41. The Morgan fingerprint density at radius 1 is 1.26 bits per heavy atom. The number of rotatable bonds is 1. The highest BCUT2D eigenvalue weighted by Gasteiger charge is 2.25. The predicted octanol–water partition coefficient (Wildman–Crippen LogP) is 2.44. The van der Waals surface area contributed by atoms with Gasteiger partial charge >= 0.3 is 6.03 Å². The number of imide groups is 1. The summed E-state index contributed by atoms with van der Waals surface area (Å²) in [7, 11) is 0. The van der Waals surface area contributed by atoms with Crippen molar-refractivity contribution < 1.29 is 9.59 Å². The summed E-state index contributed by atoms with van der Waals surface area (Å²) in [5.41, 5.74) is 1.57. The van der Waals surface area contributed by atoms with Crippen molar-refractivity contribution in [3.63, 3.8) is 0 Å². The van der Waals surface area contributed by atoms with Gasteiger partial charge in [0.2, 0.25) is 5.91 Å². The third-order valence-electron chi connectivity index (χ3n) is 3.03. The molecule has 5 nitrogen and oxygen atoms in total. The Balaban J connectivity index is 2.12. The van der Waals surface area contributed by atoms with E-state index >= 15 is 0 Å². The number of urea groups is 1. The van der Waals surface area contributed by atoms with E-state index in [1.54, 1.807) is 17.2 Å². The normalized spacial score (nSPS) is 15.7. The van der Waals surface area contributed by atoms with E-state index in [1.165, 1.54) is 0 Å². The van der Waals surface area contributed by atoms with E-state index < -0.39 is 0 Å². The van der Waals surface area contributed by atoms with Crippen LogP contribution in [0.4, 0.5) is 10.5 Å². The minimum Gasteiger partial charge on any atom is -0.293 e. The number of nitrogens with one attached hydrogen (secondary N) is 1. The van der Waals surface area contributed by atoms with Gasteiger partial charge < -0.3 is 0 Å². The first-order valence-electron chi connectivity index (χ1n) is 5.81. The highest BCUT2D eigenvalue weighted by molar-refractivity contribution is 9.10. The molecule has 1 aromatic heterocycles. The fraction of sp³-hybridized carbons (Fsp3) is 0.154.